The molecule has 0 atom stereocenters. The number of rotatable bonds is 4. The molecule has 0 saturated heterocycles. The van der Waals surface area contributed by atoms with Crippen molar-refractivity contribution >= 4 is 11.8 Å². The lowest BCUT2D eigenvalue weighted by molar-refractivity contribution is 0.311. The number of aliphatic hydroxyl groups excluding tert-OH is 1. The minimum atomic E-state index is 0.0952. The second-order valence-electron chi connectivity index (χ2n) is 2.62. The largest absolute Gasteiger partial charge is 0.395 e. The summed E-state index contributed by atoms with van der Waals surface area (Å²) >= 11 is 0. The zero-order valence-electron chi connectivity index (χ0n) is 7.83. The van der Waals surface area contributed by atoms with Crippen LogP contribution >= 0.6 is 0 Å². The number of hydrogen-bond acceptors (Lipinski definition) is 5. The first kappa shape index (κ1) is 9.73. The van der Waals surface area contributed by atoms with Gasteiger partial charge in [-0.05, 0) is 6.92 Å². The van der Waals surface area contributed by atoms with Gasteiger partial charge in [0.15, 0.2) is 0 Å². The molecule has 0 bridgehead atoms. The Hall–Kier alpha value is -1.36. The molecular weight excluding hydrogens is 168 g/mol. The van der Waals surface area contributed by atoms with Crippen LogP contribution in [-0.4, -0.2) is 35.3 Å². The van der Waals surface area contributed by atoms with Crippen molar-refractivity contribution in [3.8, 4) is 0 Å². The van der Waals surface area contributed by atoms with E-state index in [9.17, 15) is 0 Å². The van der Waals surface area contributed by atoms with Gasteiger partial charge < -0.3 is 15.7 Å². The molecule has 0 radical (unpaired) electrons. The van der Waals surface area contributed by atoms with E-state index in [1.807, 2.05) is 13.0 Å². The van der Waals surface area contributed by atoms with Crippen LogP contribution in [0.25, 0.3) is 0 Å². The van der Waals surface area contributed by atoms with Crippen molar-refractivity contribution in [2.45, 2.75) is 6.92 Å². The summed E-state index contributed by atoms with van der Waals surface area (Å²) in [4.78, 5) is 8.28. The Morgan fingerprint density at radius 2 is 2.23 bits per heavy atom. The monoisotopic (exact) mass is 182 g/mol. The van der Waals surface area contributed by atoms with E-state index >= 15 is 0 Å². The number of nitrogens with one attached hydrogen (secondary N) is 2. The number of anilines is 2. The van der Waals surface area contributed by atoms with E-state index in [-0.39, 0.29) is 6.61 Å². The maximum atomic E-state index is 8.60. The summed E-state index contributed by atoms with van der Waals surface area (Å²) in [6, 6.07) is 1.83. The first-order valence-corrected chi connectivity index (χ1v) is 4.14. The Morgan fingerprint density at radius 1 is 1.46 bits per heavy atom. The molecule has 5 nitrogen and oxygen atoms in total. The van der Waals surface area contributed by atoms with Crippen LogP contribution in [-0.2, 0) is 0 Å². The van der Waals surface area contributed by atoms with Crippen LogP contribution in [0, 0.1) is 6.92 Å². The van der Waals surface area contributed by atoms with Gasteiger partial charge in [-0.15, -0.1) is 0 Å². The van der Waals surface area contributed by atoms with E-state index < -0.39 is 0 Å². The molecule has 3 N–H and O–H groups in total. The average Bonchev–Trinajstić information content (AvgIpc) is 2.14. The third-order valence-corrected chi connectivity index (χ3v) is 1.50. The quantitative estimate of drug-likeness (QED) is 0.622. The molecule has 1 aromatic heterocycles. The number of hydrogen-bond donors (Lipinski definition) is 3. The van der Waals surface area contributed by atoms with Crippen LogP contribution in [0.15, 0.2) is 6.07 Å². The van der Waals surface area contributed by atoms with E-state index in [0.717, 1.165) is 11.5 Å². The van der Waals surface area contributed by atoms with Crippen LogP contribution in [0.3, 0.4) is 0 Å². The maximum absolute atomic E-state index is 8.60. The molecule has 13 heavy (non-hydrogen) atoms. The third-order valence-electron chi connectivity index (χ3n) is 1.50. The Balaban J connectivity index is 2.76. The van der Waals surface area contributed by atoms with Gasteiger partial charge >= 0.3 is 0 Å². The molecule has 5 heteroatoms. The molecule has 0 fully saturated rings. The van der Waals surface area contributed by atoms with Crippen molar-refractivity contribution in [1.82, 2.24) is 9.97 Å². The summed E-state index contributed by atoms with van der Waals surface area (Å²) in [6.45, 7) is 2.49. The summed E-state index contributed by atoms with van der Waals surface area (Å²) < 4.78 is 0. The van der Waals surface area contributed by atoms with Gasteiger partial charge in [0.05, 0.1) is 6.61 Å². The molecule has 0 saturated carbocycles. The van der Waals surface area contributed by atoms with Crippen LogP contribution in [0.2, 0.25) is 0 Å². The predicted octanol–water partition coefficient (Wildman–Crippen LogP) is 0.231. The molecular formula is C8H14N4O. The van der Waals surface area contributed by atoms with E-state index in [2.05, 4.69) is 20.6 Å². The summed E-state index contributed by atoms with van der Waals surface area (Å²) in [5.74, 6) is 1.31. The van der Waals surface area contributed by atoms with Crippen molar-refractivity contribution in [3.05, 3.63) is 11.8 Å². The molecule has 1 rings (SSSR count). The number of aromatic nitrogens is 2. The Kier molecular flexibility index (Phi) is 3.45. The molecule has 0 aromatic carbocycles. The van der Waals surface area contributed by atoms with Crippen molar-refractivity contribution in [2.24, 2.45) is 0 Å². The minimum absolute atomic E-state index is 0.0952. The third kappa shape index (κ3) is 2.87. The Bertz CT molecular complexity index is 277. The van der Waals surface area contributed by atoms with Gasteiger partial charge in [0.25, 0.3) is 0 Å². The maximum Gasteiger partial charge on any atom is 0.224 e. The lowest BCUT2D eigenvalue weighted by Gasteiger charge is -2.06. The fourth-order valence-corrected chi connectivity index (χ4v) is 0.955. The minimum Gasteiger partial charge on any atom is -0.395 e. The van der Waals surface area contributed by atoms with Gasteiger partial charge in [-0.1, -0.05) is 0 Å². The van der Waals surface area contributed by atoms with Crippen LogP contribution in [0.4, 0.5) is 11.8 Å². The highest BCUT2D eigenvalue weighted by molar-refractivity contribution is 5.41. The summed E-state index contributed by atoms with van der Waals surface area (Å²) in [6.07, 6.45) is 0. The fourth-order valence-electron chi connectivity index (χ4n) is 0.955. The molecule has 0 aliphatic heterocycles. The summed E-state index contributed by atoms with van der Waals surface area (Å²) in [5, 5.41) is 14.4. The zero-order chi connectivity index (χ0) is 9.68. The lowest BCUT2D eigenvalue weighted by Crippen LogP contribution is -2.09. The van der Waals surface area contributed by atoms with Crippen LogP contribution in [0.1, 0.15) is 5.69 Å². The first-order valence-electron chi connectivity index (χ1n) is 4.14. The SMILES string of the molecule is CNc1nc(C)cc(NCCO)n1. The topological polar surface area (TPSA) is 70.1 Å². The molecule has 0 unspecified atom stereocenters. The number of nitrogens with zero attached hydrogens (tertiary/aromatic N) is 2. The highest BCUT2D eigenvalue weighted by Gasteiger charge is 1.98. The van der Waals surface area contributed by atoms with Crippen molar-refractivity contribution < 1.29 is 5.11 Å². The Morgan fingerprint density at radius 3 is 2.85 bits per heavy atom. The smallest absolute Gasteiger partial charge is 0.224 e. The molecule has 0 aliphatic carbocycles. The van der Waals surface area contributed by atoms with Gasteiger partial charge in [-0.25, -0.2) is 4.98 Å². The van der Waals surface area contributed by atoms with E-state index in [0.29, 0.717) is 12.5 Å². The van der Waals surface area contributed by atoms with Crippen LogP contribution in [0.5, 0.6) is 0 Å². The fraction of sp³-hybridized carbons (Fsp3) is 0.500. The van der Waals surface area contributed by atoms with Gasteiger partial charge in [0, 0.05) is 25.4 Å². The number of aliphatic hydroxyl groups is 1. The molecule has 1 aromatic rings. The molecule has 72 valence electrons. The van der Waals surface area contributed by atoms with Crippen molar-refractivity contribution in [1.29, 1.82) is 0 Å². The zero-order valence-corrected chi connectivity index (χ0v) is 7.83. The lowest BCUT2D eigenvalue weighted by atomic mass is 10.4. The van der Waals surface area contributed by atoms with Gasteiger partial charge in [0.1, 0.15) is 5.82 Å². The molecule has 1 heterocycles. The average molecular weight is 182 g/mol. The Labute approximate surface area is 77.2 Å². The number of aryl methyl sites for hydroxylation is 1. The second kappa shape index (κ2) is 4.61. The van der Waals surface area contributed by atoms with Gasteiger partial charge in [-0.3, -0.25) is 0 Å². The van der Waals surface area contributed by atoms with Crippen molar-refractivity contribution in [3.63, 3.8) is 0 Å². The van der Waals surface area contributed by atoms with E-state index in [4.69, 9.17) is 5.11 Å². The second-order valence-corrected chi connectivity index (χ2v) is 2.62. The highest BCUT2D eigenvalue weighted by Crippen LogP contribution is 2.08. The van der Waals surface area contributed by atoms with Crippen LogP contribution < -0.4 is 10.6 Å². The molecule has 0 amide bonds. The van der Waals surface area contributed by atoms with Crippen molar-refractivity contribution in [2.75, 3.05) is 30.8 Å². The van der Waals surface area contributed by atoms with Gasteiger partial charge in [-0.2, -0.15) is 4.98 Å². The normalized spacial score (nSPS) is 9.77. The standard InChI is InChI=1S/C8H14N4O/c1-6-5-7(10-3-4-13)12-8(9-2)11-6/h5,13H,3-4H2,1-2H3,(H2,9,10,11,12). The molecule has 0 spiro atoms. The van der Waals surface area contributed by atoms with E-state index in [1.54, 1.807) is 7.05 Å². The first-order chi connectivity index (χ1) is 6.26. The predicted molar refractivity (Wildman–Crippen MR) is 51.9 cm³/mol. The summed E-state index contributed by atoms with van der Waals surface area (Å²) in [5.41, 5.74) is 0.889. The summed E-state index contributed by atoms with van der Waals surface area (Å²) in [7, 11) is 1.77. The van der Waals surface area contributed by atoms with E-state index in [1.165, 1.54) is 0 Å². The van der Waals surface area contributed by atoms with Gasteiger partial charge in [0.2, 0.25) is 5.95 Å². The molecule has 0 aliphatic rings. The highest BCUT2D eigenvalue weighted by atomic mass is 16.3.